The first-order valence-corrected chi connectivity index (χ1v) is 13.1. The van der Waals surface area contributed by atoms with E-state index in [1.165, 1.54) is 12.4 Å². The molecular formula is C23H31N5O5S. The number of rotatable bonds is 7. The van der Waals surface area contributed by atoms with E-state index >= 15 is 0 Å². The van der Waals surface area contributed by atoms with Crippen LogP contribution in [0.15, 0.2) is 23.5 Å². The summed E-state index contributed by atoms with van der Waals surface area (Å²) in [6.07, 6.45) is 3.68. The van der Waals surface area contributed by atoms with Gasteiger partial charge in [-0.3, -0.25) is 0 Å². The van der Waals surface area contributed by atoms with Gasteiger partial charge in [-0.1, -0.05) is 0 Å². The first kappa shape index (κ1) is 24.2. The number of amides is 1. The second-order valence-electron chi connectivity index (χ2n) is 9.04. The first-order valence-electron chi connectivity index (χ1n) is 11.6. The molecule has 0 aromatic carbocycles. The summed E-state index contributed by atoms with van der Waals surface area (Å²) in [5.74, 6) is 1.03. The summed E-state index contributed by atoms with van der Waals surface area (Å²) < 4.78 is 36.3. The quantitative estimate of drug-likeness (QED) is 0.622. The van der Waals surface area contributed by atoms with Crippen LogP contribution in [0.4, 0.5) is 16.3 Å². The number of hydrogen-bond donors (Lipinski definition) is 1. The van der Waals surface area contributed by atoms with Crippen LogP contribution in [0.5, 0.6) is 5.88 Å². The van der Waals surface area contributed by atoms with Gasteiger partial charge in [0, 0.05) is 25.9 Å². The normalized spacial score (nSPS) is 17.0. The van der Waals surface area contributed by atoms with E-state index in [2.05, 4.69) is 20.3 Å². The average Bonchev–Trinajstić information content (AvgIpc) is 3.64. The number of nitrogens with zero attached hydrogens (tertiary/aromatic N) is 4. The van der Waals surface area contributed by atoms with E-state index in [9.17, 15) is 13.2 Å². The fourth-order valence-corrected chi connectivity index (χ4v) is 5.39. The molecule has 0 bridgehead atoms. The van der Waals surface area contributed by atoms with Crippen molar-refractivity contribution >= 4 is 27.4 Å². The Hall–Kier alpha value is -2.95. The Labute approximate surface area is 200 Å². The Kier molecular flexibility index (Phi) is 6.92. The Morgan fingerprint density at radius 1 is 1.12 bits per heavy atom. The monoisotopic (exact) mass is 489 g/mol. The molecule has 1 aliphatic carbocycles. The Balaban J connectivity index is 1.40. The molecule has 2 fully saturated rings. The third kappa shape index (κ3) is 5.40. The number of anilines is 2. The minimum absolute atomic E-state index is 0.0696. The maximum Gasteiger partial charge on any atom is 0.410 e. The summed E-state index contributed by atoms with van der Waals surface area (Å²) in [4.78, 5) is 26.7. The maximum absolute atomic E-state index is 12.5. The molecule has 0 unspecified atom stereocenters. The van der Waals surface area contributed by atoms with Crippen LogP contribution in [0.3, 0.4) is 0 Å². The van der Waals surface area contributed by atoms with Crippen molar-refractivity contribution in [1.29, 1.82) is 0 Å². The zero-order chi connectivity index (χ0) is 24.5. The summed E-state index contributed by atoms with van der Waals surface area (Å²) in [7, 11) is -3.34. The van der Waals surface area contributed by atoms with Crippen molar-refractivity contribution in [3.8, 4) is 5.88 Å². The lowest BCUT2D eigenvalue weighted by atomic mass is 10.1. The number of piperidine rings is 1. The highest BCUT2D eigenvalue weighted by atomic mass is 32.2. The van der Waals surface area contributed by atoms with E-state index in [4.69, 9.17) is 9.47 Å². The van der Waals surface area contributed by atoms with Crippen molar-refractivity contribution in [3.63, 3.8) is 0 Å². The Morgan fingerprint density at radius 3 is 2.44 bits per heavy atom. The highest BCUT2D eigenvalue weighted by Crippen LogP contribution is 2.34. The van der Waals surface area contributed by atoms with Crippen molar-refractivity contribution in [1.82, 2.24) is 19.9 Å². The molecule has 2 aromatic rings. The summed E-state index contributed by atoms with van der Waals surface area (Å²) >= 11 is 0. The van der Waals surface area contributed by atoms with Crippen LogP contribution in [0.2, 0.25) is 0 Å². The van der Waals surface area contributed by atoms with E-state index in [-0.39, 0.29) is 28.6 Å². The molecule has 1 saturated heterocycles. The number of aryl methyl sites for hydroxylation is 1. The van der Waals surface area contributed by atoms with Gasteiger partial charge in [-0.2, -0.15) is 0 Å². The highest BCUT2D eigenvalue weighted by molar-refractivity contribution is 7.92. The minimum atomic E-state index is -3.34. The van der Waals surface area contributed by atoms with Gasteiger partial charge in [0.1, 0.15) is 18.2 Å². The van der Waals surface area contributed by atoms with Crippen molar-refractivity contribution in [2.75, 3.05) is 18.4 Å². The number of carbonyl (C=O) groups is 1. The van der Waals surface area contributed by atoms with Crippen LogP contribution < -0.4 is 10.1 Å². The third-order valence-electron chi connectivity index (χ3n) is 5.92. The van der Waals surface area contributed by atoms with Crippen LogP contribution in [0, 0.1) is 13.8 Å². The number of ether oxygens (including phenoxy) is 2. The highest BCUT2D eigenvalue weighted by Gasteiger charge is 2.38. The van der Waals surface area contributed by atoms with Crippen LogP contribution in [0.1, 0.15) is 50.8 Å². The molecule has 0 atom stereocenters. The topological polar surface area (TPSA) is 124 Å². The van der Waals surface area contributed by atoms with E-state index < -0.39 is 9.84 Å². The van der Waals surface area contributed by atoms with Gasteiger partial charge in [0.2, 0.25) is 5.88 Å². The van der Waals surface area contributed by atoms with Gasteiger partial charge in [-0.25, -0.2) is 28.2 Å². The first-order chi connectivity index (χ1) is 16.1. The molecule has 1 N–H and O–H groups in total. The van der Waals surface area contributed by atoms with Crippen LogP contribution >= 0.6 is 0 Å². The number of hydrogen-bond acceptors (Lipinski definition) is 9. The molecule has 34 heavy (non-hydrogen) atoms. The molecule has 3 heterocycles. The average molecular weight is 490 g/mol. The molecule has 1 saturated carbocycles. The largest absolute Gasteiger partial charge is 0.474 e. The lowest BCUT2D eigenvalue weighted by Crippen LogP contribution is -2.42. The zero-order valence-corrected chi connectivity index (χ0v) is 20.8. The van der Waals surface area contributed by atoms with Gasteiger partial charge in [0.25, 0.3) is 0 Å². The molecule has 10 nitrogen and oxygen atoms in total. The summed E-state index contributed by atoms with van der Waals surface area (Å²) in [6.45, 7) is 8.42. The van der Waals surface area contributed by atoms with Crippen LogP contribution in [0.25, 0.3) is 0 Å². The SMILES string of the molecule is Cc1nc(S(=O)(=O)C2CC2)ccc1Nc1ncnc(OC2CCN(C(=O)OC(C)C)CC2)c1C. The number of nitrogens with one attached hydrogen (secondary N) is 1. The molecule has 1 aliphatic heterocycles. The molecule has 0 spiro atoms. The van der Waals surface area contributed by atoms with Crippen molar-refractivity contribution in [2.45, 2.75) is 75.9 Å². The summed E-state index contributed by atoms with van der Waals surface area (Å²) in [5.41, 5.74) is 1.97. The van der Waals surface area contributed by atoms with Gasteiger partial charge >= 0.3 is 6.09 Å². The summed E-state index contributed by atoms with van der Waals surface area (Å²) in [5, 5.41) is 3.04. The number of sulfone groups is 1. The second-order valence-corrected chi connectivity index (χ2v) is 11.2. The van der Waals surface area contributed by atoms with E-state index in [0.717, 1.165) is 5.56 Å². The molecule has 184 valence electrons. The zero-order valence-electron chi connectivity index (χ0n) is 19.9. The number of carbonyl (C=O) groups excluding carboxylic acids is 1. The van der Waals surface area contributed by atoms with Crippen molar-refractivity contribution in [3.05, 3.63) is 29.7 Å². The molecular weight excluding hydrogens is 458 g/mol. The van der Waals surface area contributed by atoms with Crippen molar-refractivity contribution in [2.24, 2.45) is 0 Å². The smallest absolute Gasteiger partial charge is 0.410 e. The van der Waals surface area contributed by atoms with Gasteiger partial charge in [0.05, 0.1) is 28.3 Å². The third-order valence-corrected chi connectivity index (χ3v) is 8.08. The predicted octanol–water partition coefficient (Wildman–Crippen LogP) is 3.56. The van der Waals surface area contributed by atoms with Gasteiger partial charge in [-0.05, 0) is 52.7 Å². The van der Waals surface area contributed by atoms with Gasteiger partial charge in [0.15, 0.2) is 14.9 Å². The van der Waals surface area contributed by atoms with E-state index in [1.54, 1.807) is 17.9 Å². The number of aromatic nitrogens is 3. The molecule has 1 amide bonds. The second kappa shape index (κ2) is 9.73. The molecule has 11 heteroatoms. The van der Waals surface area contributed by atoms with E-state index in [1.807, 2.05) is 20.8 Å². The van der Waals surface area contributed by atoms with Crippen LogP contribution in [-0.4, -0.2) is 64.9 Å². The van der Waals surface area contributed by atoms with Crippen LogP contribution in [-0.2, 0) is 14.6 Å². The molecule has 4 rings (SSSR count). The maximum atomic E-state index is 12.5. The minimum Gasteiger partial charge on any atom is -0.474 e. The standard InChI is InChI=1S/C23H31N5O5S/c1-14(2)32-23(29)28-11-9-17(10-12-28)33-22-15(3)21(24-13-25-22)27-19-7-8-20(26-16(19)4)34(30,31)18-5-6-18/h7-8,13-14,17-18H,5-6,9-12H2,1-4H3,(H,24,25,27). The van der Waals surface area contributed by atoms with E-state index in [0.29, 0.717) is 61.9 Å². The number of likely N-dealkylation sites (tertiary alicyclic amines) is 1. The summed E-state index contributed by atoms with van der Waals surface area (Å²) in [6, 6.07) is 3.25. The Bertz CT molecular complexity index is 1160. The molecule has 0 radical (unpaired) electrons. The number of pyridine rings is 1. The van der Waals surface area contributed by atoms with Crippen molar-refractivity contribution < 1.29 is 22.7 Å². The molecule has 2 aliphatic rings. The fraction of sp³-hybridized carbons (Fsp3) is 0.565. The van der Waals surface area contributed by atoms with Gasteiger partial charge in [-0.15, -0.1) is 0 Å². The van der Waals surface area contributed by atoms with Gasteiger partial charge < -0.3 is 19.7 Å². The lowest BCUT2D eigenvalue weighted by Gasteiger charge is -2.32. The Morgan fingerprint density at radius 2 is 1.82 bits per heavy atom. The fourth-order valence-electron chi connectivity index (χ4n) is 3.77. The predicted molar refractivity (Wildman–Crippen MR) is 126 cm³/mol. The molecule has 2 aromatic heterocycles. The lowest BCUT2D eigenvalue weighted by molar-refractivity contribution is 0.0505.